The standard InChI is InChI=1S/C22H44O8/c1-3-5-6-7-8-9-22(23)30-21-20-29-19-18-28-17-16-27-15-14-26-13-12-25-11-10-24-4-2/h3-21H2,1-2H3. The number of carbonyl (C=O) groups is 1. The van der Waals surface area contributed by atoms with Gasteiger partial charge in [-0.25, -0.2) is 0 Å². The highest BCUT2D eigenvalue weighted by Crippen LogP contribution is 2.05. The molecule has 0 saturated carbocycles. The predicted molar refractivity (Wildman–Crippen MR) is 115 cm³/mol. The quantitative estimate of drug-likeness (QED) is 0.160. The second-order valence-corrected chi connectivity index (χ2v) is 6.64. The van der Waals surface area contributed by atoms with E-state index in [1.807, 2.05) is 6.92 Å². The molecule has 0 aromatic carbocycles. The molecule has 0 unspecified atom stereocenters. The minimum Gasteiger partial charge on any atom is -0.463 e. The van der Waals surface area contributed by atoms with Crippen LogP contribution in [-0.4, -0.2) is 91.9 Å². The number of ether oxygens (including phenoxy) is 7. The van der Waals surface area contributed by atoms with Crippen molar-refractivity contribution in [3.05, 3.63) is 0 Å². The Morgan fingerprint density at radius 3 is 1.33 bits per heavy atom. The van der Waals surface area contributed by atoms with Crippen LogP contribution in [0.3, 0.4) is 0 Å². The molecule has 0 aliphatic heterocycles. The molecule has 0 rings (SSSR count). The maximum absolute atomic E-state index is 11.5. The highest BCUT2D eigenvalue weighted by Gasteiger charge is 2.02. The molecular formula is C22H44O8. The molecule has 0 fully saturated rings. The van der Waals surface area contributed by atoms with Gasteiger partial charge in [0, 0.05) is 13.0 Å². The van der Waals surface area contributed by atoms with Crippen molar-refractivity contribution in [1.82, 2.24) is 0 Å². The summed E-state index contributed by atoms with van der Waals surface area (Å²) in [4.78, 5) is 11.5. The molecule has 0 spiro atoms. The molecule has 8 nitrogen and oxygen atoms in total. The molecule has 0 aliphatic rings. The largest absolute Gasteiger partial charge is 0.463 e. The van der Waals surface area contributed by atoms with Crippen molar-refractivity contribution in [2.45, 2.75) is 52.4 Å². The van der Waals surface area contributed by atoms with E-state index in [1.165, 1.54) is 19.3 Å². The van der Waals surface area contributed by atoms with Crippen LogP contribution in [0.4, 0.5) is 0 Å². The van der Waals surface area contributed by atoms with Crippen LogP contribution in [0, 0.1) is 0 Å². The third-order valence-electron chi connectivity index (χ3n) is 4.04. The molecule has 0 aliphatic carbocycles. The first-order chi connectivity index (χ1) is 14.8. The normalized spacial score (nSPS) is 11.1. The fourth-order valence-corrected chi connectivity index (χ4v) is 2.40. The smallest absolute Gasteiger partial charge is 0.305 e. The Balaban J connectivity index is 3.08. The number of hydrogen-bond donors (Lipinski definition) is 0. The van der Waals surface area contributed by atoms with Gasteiger partial charge >= 0.3 is 5.97 Å². The molecule has 30 heavy (non-hydrogen) atoms. The number of unbranched alkanes of at least 4 members (excludes halogenated alkanes) is 4. The van der Waals surface area contributed by atoms with Crippen LogP contribution in [0.1, 0.15) is 52.4 Å². The van der Waals surface area contributed by atoms with Gasteiger partial charge in [-0.15, -0.1) is 0 Å². The average Bonchev–Trinajstić information content (AvgIpc) is 2.75. The van der Waals surface area contributed by atoms with Gasteiger partial charge in [-0.3, -0.25) is 4.79 Å². The van der Waals surface area contributed by atoms with Crippen molar-refractivity contribution in [1.29, 1.82) is 0 Å². The van der Waals surface area contributed by atoms with Crippen LogP contribution in [-0.2, 0) is 38.0 Å². The van der Waals surface area contributed by atoms with E-state index in [-0.39, 0.29) is 5.97 Å². The van der Waals surface area contributed by atoms with E-state index in [1.54, 1.807) is 0 Å². The average molecular weight is 437 g/mol. The van der Waals surface area contributed by atoms with Gasteiger partial charge in [0.25, 0.3) is 0 Å². The molecule has 0 heterocycles. The maximum atomic E-state index is 11.5. The zero-order valence-electron chi connectivity index (χ0n) is 19.2. The van der Waals surface area contributed by atoms with Gasteiger partial charge in [0.15, 0.2) is 0 Å². The molecule has 0 aromatic rings. The van der Waals surface area contributed by atoms with Crippen LogP contribution in [0.25, 0.3) is 0 Å². The first kappa shape index (κ1) is 29.2. The summed E-state index contributed by atoms with van der Waals surface area (Å²) < 4.78 is 37.2. The number of hydrogen-bond acceptors (Lipinski definition) is 8. The van der Waals surface area contributed by atoms with E-state index in [0.29, 0.717) is 92.3 Å². The van der Waals surface area contributed by atoms with Gasteiger partial charge in [0.2, 0.25) is 0 Å². The molecule has 0 aromatic heterocycles. The van der Waals surface area contributed by atoms with Gasteiger partial charge in [-0.1, -0.05) is 32.6 Å². The van der Waals surface area contributed by atoms with E-state index in [9.17, 15) is 4.79 Å². The van der Waals surface area contributed by atoms with Crippen LogP contribution in [0.5, 0.6) is 0 Å². The van der Waals surface area contributed by atoms with Gasteiger partial charge in [-0.2, -0.15) is 0 Å². The Morgan fingerprint density at radius 2 is 0.900 bits per heavy atom. The van der Waals surface area contributed by atoms with E-state index in [4.69, 9.17) is 33.2 Å². The summed E-state index contributed by atoms with van der Waals surface area (Å²) >= 11 is 0. The summed E-state index contributed by atoms with van der Waals surface area (Å²) in [5, 5.41) is 0. The minimum atomic E-state index is -0.137. The summed E-state index contributed by atoms with van der Waals surface area (Å²) in [5.41, 5.74) is 0. The number of esters is 1. The van der Waals surface area contributed by atoms with Crippen molar-refractivity contribution < 1.29 is 38.0 Å². The van der Waals surface area contributed by atoms with Gasteiger partial charge in [0.05, 0.1) is 72.7 Å². The second kappa shape index (κ2) is 26.3. The molecule has 0 amide bonds. The number of carbonyl (C=O) groups excluding carboxylic acids is 1. The third kappa shape index (κ3) is 25.3. The third-order valence-corrected chi connectivity index (χ3v) is 4.04. The van der Waals surface area contributed by atoms with E-state index < -0.39 is 0 Å². The molecular weight excluding hydrogens is 392 g/mol. The molecule has 0 radical (unpaired) electrons. The first-order valence-electron chi connectivity index (χ1n) is 11.4. The Kier molecular flexibility index (Phi) is 25.6. The summed E-state index contributed by atoms with van der Waals surface area (Å²) in [6, 6.07) is 0. The lowest BCUT2D eigenvalue weighted by Gasteiger charge is -2.08. The fraction of sp³-hybridized carbons (Fsp3) is 0.955. The zero-order valence-corrected chi connectivity index (χ0v) is 19.2. The van der Waals surface area contributed by atoms with Crippen LogP contribution >= 0.6 is 0 Å². The summed E-state index contributed by atoms with van der Waals surface area (Å²) in [6.07, 6.45) is 6.14. The molecule has 0 atom stereocenters. The van der Waals surface area contributed by atoms with Crippen LogP contribution in [0.2, 0.25) is 0 Å². The Bertz CT molecular complexity index is 341. The molecule has 0 bridgehead atoms. The second-order valence-electron chi connectivity index (χ2n) is 6.64. The maximum Gasteiger partial charge on any atom is 0.305 e. The van der Waals surface area contributed by atoms with E-state index >= 15 is 0 Å². The van der Waals surface area contributed by atoms with Crippen molar-refractivity contribution in [3.63, 3.8) is 0 Å². The Labute approximate surface area is 182 Å². The predicted octanol–water partition coefficient (Wildman–Crippen LogP) is 3.01. The highest BCUT2D eigenvalue weighted by atomic mass is 16.6. The van der Waals surface area contributed by atoms with Gasteiger partial charge in [-0.05, 0) is 13.3 Å². The molecule has 0 N–H and O–H groups in total. The number of rotatable bonds is 25. The summed E-state index contributed by atoms with van der Waals surface area (Å²) in [6.45, 7) is 10.9. The topological polar surface area (TPSA) is 81.7 Å². The first-order valence-corrected chi connectivity index (χ1v) is 11.4. The summed E-state index contributed by atoms with van der Waals surface area (Å²) in [7, 11) is 0. The monoisotopic (exact) mass is 436 g/mol. The van der Waals surface area contributed by atoms with Crippen molar-refractivity contribution in [2.75, 3.05) is 85.9 Å². The van der Waals surface area contributed by atoms with Gasteiger partial charge < -0.3 is 33.2 Å². The highest BCUT2D eigenvalue weighted by molar-refractivity contribution is 5.69. The van der Waals surface area contributed by atoms with Crippen LogP contribution in [0.15, 0.2) is 0 Å². The molecule has 0 saturated heterocycles. The van der Waals surface area contributed by atoms with E-state index in [2.05, 4.69) is 6.92 Å². The van der Waals surface area contributed by atoms with Crippen molar-refractivity contribution in [2.24, 2.45) is 0 Å². The van der Waals surface area contributed by atoms with E-state index in [0.717, 1.165) is 12.8 Å². The van der Waals surface area contributed by atoms with Crippen LogP contribution < -0.4 is 0 Å². The lowest BCUT2D eigenvalue weighted by atomic mass is 10.1. The molecule has 180 valence electrons. The Morgan fingerprint density at radius 1 is 0.500 bits per heavy atom. The van der Waals surface area contributed by atoms with Crippen molar-refractivity contribution in [3.8, 4) is 0 Å². The lowest BCUT2D eigenvalue weighted by molar-refractivity contribution is -0.145. The SMILES string of the molecule is CCCCCCCC(=O)OCCOCCOCCOCCOCCOCCOCC. The Hall–Kier alpha value is -0.770. The zero-order chi connectivity index (χ0) is 22.0. The minimum absolute atomic E-state index is 0.137. The van der Waals surface area contributed by atoms with Gasteiger partial charge in [0.1, 0.15) is 6.61 Å². The van der Waals surface area contributed by atoms with Crippen molar-refractivity contribution >= 4 is 5.97 Å². The molecule has 8 heteroatoms. The lowest BCUT2D eigenvalue weighted by Crippen LogP contribution is -2.15. The summed E-state index contributed by atoms with van der Waals surface area (Å²) in [5.74, 6) is -0.137. The fourth-order valence-electron chi connectivity index (χ4n) is 2.40.